The third-order valence-corrected chi connectivity index (χ3v) is 2.96. The van der Waals surface area contributed by atoms with Gasteiger partial charge in [0.05, 0.1) is 12.2 Å². The highest BCUT2D eigenvalue weighted by atomic mass is 79.9. The number of halogens is 2. The summed E-state index contributed by atoms with van der Waals surface area (Å²) >= 11 is 3.36. The Hall–Kier alpha value is -1.30. The van der Waals surface area contributed by atoms with Crippen LogP contribution >= 0.6 is 15.9 Å². The zero-order valence-corrected chi connectivity index (χ0v) is 10.5. The van der Waals surface area contributed by atoms with Gasteiger partial charge in [-0.1, -0.05) is 28.1 Å². The molecule has 0 saturated carbocycles. The molecule has 1 heterocycles. The van der Waals surface area contributed by atoms with Gasteiger partial charge in [0, 0.05) is 10.7 Å². The Balaban J connectivity index is 2.36. The van der Waals surface area contributed by atoms with Gasteiger partial charge in [-0.05, 0) is 29.3 Å². The second kappa shape index (κ2) is 5.35. The fourth-order valence-corrected chi connectivity index (χ4v) is 1.89. The summed E-state index contributed by atoms with van der Waals surface area (Å²) in [6, 6.07) is 8.79. The van der Waals surface area contributed by atoms with E-state index in [4.69, 9.17) is 5.84 Å². The summed E-state index contributed by atoms with van der Waals surface area (Å²) in [5, 5.41) is 0. The van der Waals surface area contributed by atoms with E-state index in [1.165, 1.54) is 12.3 Å². The summed E-state index contributed by atoms with van der Waals surface area (Å²) < 4.78 is 14.1. The van der Waals surface area contributed by atoms with Gasteiger partial charge in [-0.25, -0.2) is 9.82 Å². The van der Waals surface area contributed by atoms with Crippen molar-refractivity contribution in [1.29, 1.82) is 0 Å². The first-order valence-electron chi connectivity index (χ1n) is 5.03. The van der Waals surface area contributed by atoms with Crippen molar-refractivity contribution in [1.82, 2.24) is 10.4 Å². The van der Waals surface area contributed by atoms with E-state index in [1.54, 1.807) is 6.20 Å². The topological polar surface area (TPSA) is 50.9 Å². The Morgan fingerprint density at radius 2 is 1.88 bits per heavy atom. The lowest BCUT2D eigenvalue weighted by atomic mass is 10.0. The normalized spacial score (nSPS) is 12.4. The Bertz CT molecular complexity index is 501. The Morgan fingerprint density at radius 3 is 2.47 bits per heavy atom. The number of hydrazine groups is 1. The van der Waals surface area contributed by atoms with Gasteiger partial charge in [0.1, 0.15) is 5.82 Å². The van der Waals surface area contributed by atoms with Crippen molar-refractivity contribution in [2.75, 3.05) is 0 Å². The van der Waals surface area contributed by atoms with Gasteiger partial charge >= 0.3 is 0 Å². The van der Waals surface area contributed by atoms with E-state index in [-0.39, 0.29) is 11.9 Å². The molecule has 1 atom stereocenters. The van der Waals surface area contributed by atoms with E-state index in [0.717, 1.165) is 10.0 Å². The summed E-state index contributed by atoms with van der Waals surface area (Å²) in [7, 11) is 0. The molecule has 0 aliphatic heterocycles. The van der Waals surface area contributed by atoms with Crippen molar-refractivity contribution < 1.29 is 4.39 Å². The molecule has 3 nitrogen and oxygen atoms in total. The van der Waals surface area contributed by atoms with Crippen LogP contribution in [-0.4, -0.2) is 4.98 Å². The van der Waals surface area contributed by atoms with Crippen molar-refractivity contribution in [3.8, 4) is 0 Å². The zero-order chi connectivity index (χ0) is 12.3. The van der Waals surface area contributed by atoms with Crippen LogP contribution in [0.1, 0.15) is 17.2 Å². The highest BCUT2D eigenvalue weighted by Gasteiger charge is 2.13. The fourth-order valence-electron chi connectivity index (χ4n) is 1.63. The zero-order valence-electron chi connectivity index (χ0n) is 8.90. The molecule has 0 aliphatic rings. The number of pyridine rings is 1. The van der Waals surface area contributed by atoms with Crippen molar-refractivity contribution in [2.24, 2.45) is 5.84 Å². The van der Waals surface area contributed by atoms with Gasteiger partial charge in [-0.15, -0.1) is 0 Å². The maximum atomic E-state index is 13.1. The van der Waals surface area contributed by atoms with Crippen LogP contribution in [0.5, 0.6) is 0 Å². The Labute approximate surface area is 107 Å². The molecule has 5 heteroatoms. The quantitative estimate of drug-likeness (QED) is 0.676. The highest BCUT2D eigenvalue weighted by Crippen LogP contribution is 2.22. The van der Waals surface area contributed by atoms with Crippen LogP contribution in [0.3, 0.4) is 0 Å². The summed E-state index contributed by atoms with van der Waals surface area (Å²) in [4.78, 5) is 3.82. The molecule has 1 unspecified atom stereocenters. The summed E-state index contributed by atoms with van der Waals surface area (Å²) in [5.74, 6) is 5.14. The number of hydrogen-bond donors (Lipinski definition) is 2. The molecule has 0 aliphatic carbocycles. The first-order chi connectivity index (χ1) is 8.20. The third kappa shape index (κ3) is 2.88. The lowest BCUT2D eigenvalue weighted by molar-refractivity contribution is 0.598. The smallest absolute Gasteiger partial charge is 0.141 e. The largest absolute Gasteiger partial charge is 0.271 e. The van der Waals surface area contributed by atoms with Gasteiger partial charge in [0.15, 0.2) is 0 Å². The molecule has 88 valence electrons. The standard InChI is InChI=1S/C12H11BrFN3/c13-10-3-1-8(2-4-10)12(17-15)9-5-11(14)7-16-6-9/h1-7,12,17H,15H2. The summed E-state index contributed by atoms with van der Waals surface area (Å²) in [6.07, 6.45) is 2.76. The van der Waals surface area contributed by atoms with Gasteiger partial charge in [0.2, 0.25) is 0 Å². The number of benzene rings is 1. The molecule has 0 bridgehead atoms. The molecule has 0 saturated heterocycles. The molecule has 0 amide bonds. The minimum atomic E-state index is -0.375. The minimum absolute atomic E-state index is 0.272. The average Bonchev–Trinajstić information content (AvgIpc) is 2.33. The van der Waals surface area contributed by atoms with Crippen LogP contribution in [0.2, 0.25) is 0 Å². The average molecular weight is 296 g/mol. The fraction of sp³-hybridized carbons (Fsp3) is 0.0833. The van der Waals surface area contributed by atoms with Crippen LogP contribution in [0.4, 0.5) is 4.39 Å². The molecule has 2 rings (SSSR count). The van der Waals surface area contributed by atoms with Gasteiger partial charge in [0.25, 0.3) is 0 Å². The number of nitrogens with two attached hydrogens (primary N) is 1. The molecular weight excluding hydrogens is 285 g/mol. The van der Waals surface area contributed by atoms with E-state index in [9.17, 15) is 4.39 Å². The summed E-state index contributed by atoms with van der Waals surface area (Å²) in [6.45, 7) is 0. The SMILES string of the molecule is NNC(c1ccc(Br)cc1)c1cncc(F)c1. The third-order valence-electron chi connectivity index (χ3n) is 2.43. The molecule has 1 aromatic heterocycles. The first-order valence-corrected chi connectivity index (χ1v) is 5.82. The second-order valence-corrected chi connectivity index (χ2v) is 4.50. The van der Waals surface area contributed by atoms with E-state index in [2.05, 4.69) is 26.3 Å². The maximum Gasteiger partial charge on any atom is 0.141 e. The lowest BCUT2D eigenvalue weighted by Crippen LogP contribution is -2.29. The number of nitrogens with one attached hydrogen (secondary N) is 1. The van der Waals surface area contributed by atoms with Crippen LogP contribution in [-0.2, 0) is 0 Å². The van der Waals surface area contributed by atoms with Crippen molar-refractivity contribution in [3.63, 3.8) is 0 Å². The molecule has 0 spiro atoms. The Morgan fingerprint density at radius 1 is 1.18 bits per heavy atom. The molecule has 1 aromatic carbocycles. The maximum absolute atomic E-state index is 13.1. The van der Waals surface area contributed by atoms with Crippen molar-refractivity contribution >= 4 is 15.9 Å². The highest BCUT2D eigenvalue weighted by molar-refractivity contribution is 9.10. The number of hydrogen-bond acceptors (Lipinski definition) is 3. The number of nitrogens with zero attached hydrogens (tertiary/aromatic N) is 1. The molecule has 3 N–H and O–H groups in total. The van der Waals surface area contributed by atoms with E-state index < -0.39 is 0 Å². The van der Waals surface area contributed by atoms with Crippen LogP contribution < -0.4 is 11.3 Å². The second-order valence-electron chi connectivity index (χ2n) is 3.59. The molecule has 0 fully saturated rings. The van der Waals surface area contributed by atoms with Crippen molar-refractivity contribution in [3.05, 3.63) is 64.1 Å². The number of aromatic nitrogens is 1. The Kier molecular flexibility index (Phi) is 3.83. The van der Waals surface area contributed by atoms with Crippen LogP contribution in [0, 0.1) is 5.82 Å². The lowest BCUT2D eigenvalue weighted by Gasteiger charge is -2.16. The van der Waals surface area contributed by atoms with E-state index in [0.29, 0.717) is 5.56 Å². The molecular formula is C12H11BrFN3. The minimum Gasteiger partial charge on any atom is -0.271 e. The predicted molar refractivity (Wildman–Crippen MR) is 67.5 cm³/mol. The predicted octanol–water partition coefficient (Wildman–Crippen LogP) is 2.54. The van der Waals surface area contributed by atoms with E-state index in [1.807, 2.05) is 24.3 Å². The number of rotatable bonds is 3. The van der Waals surface area contributed by atoms with Crippen LogP contribution in [0.25, 0.3) is 0 Å². The monoisotopic (exact) mass is 295 g/mol. The first kappa shape index (κ1) is 12.2. The van der Waals surface area contributed by atoms with Crippen molar-refractivity contribution in [2.45, 2.75) is 6.04 Å². The molecule has 2 aromatic rings. The van der Waals surface area contributed by atoms with Gasteiger partial charge in [-0.3, -0.25) is 10.8 Å². The van der Waals surface area contributed by atoms with Crippen LogP contribution in [0.15, 0.2) is 47.2 Å². The van der Waals surface area contributed by atoms with Gasteiger partial charge in [-0.2, -0.15) is 0 Å². The molecule has 17 heavy (non-hydrogen) atoms. The van der Waals surface area contributed by atoms with Gasteiger partial charge < -0.3 is 0 Å². The molecule has 0 radical (unpaired) electrons. The summed E-state index contributed by atoms with van der Waals surface area (Å²) in [5.41, 5.74) is 4.30. The van der Waals surface area contributed by atoms with E-state index >= 15 is 0 Å².